The minimum absolute atomic E-state index is 0.0739. The van der Waals surface area contributed by atoms with Crippen molar-refractivity contribution < 1.29 is 46.9 Å². The van der Waals surface area contributed by atoms with Gasteiger partial charge >= 0.3 is 18.1 Å². The van der Waals surface area contributed by atoms with Crippen LogP contribution in [-0.2, 0) is 14.3 Å². The van der Waals surface area contributed by atoms with E-state index in [0.717, 1.165) is 19.3 Å². The smallest absolute Gasteiger partial charge is 0.425 e. The first-order chi connectivity index (χ1) is 22.5. The minimum atomic E-state index is -4.73. The lowest BCUT2D eigenvalue weighted by Crippen LogP contribution is -2.34. The maximum Gasteiger partial charge on any atom is 0.425 e. The number of hydrogen-bond acceptors (Lipinski definition) is 7. The third-order valence-corrected chi connectivity index (χ3v) is 7.64. The number of carbonyl (C=O) groups excluding carboxylic acids is 3. The first kappa shape index (κ1) is 37.3. The lowest BCUT2D eigenvalue weighted by molar-refractivity contribution is -0.255. The summed E-state index contributed by atoms with van der Waals surface area (Å²) in [6, 6.07) is 16.9. The van der Waals surface area contributed by atoms with Crippen LogP contribution in [0, 0.1) is 0 Å². The van der Waals surface area contributed by atoms with Gasteiger partial charge in [0.25, 0.3) is 0 Å². The maximum atomic E-state index is 13.5. The van der Waals surface area contributed by atoms with Crippen LogP contribution in [0.3, 0.4) is 0 Å². The summed E-state index contributed by atoms with van der Waals surface area (Å²) in [4.78, 5) is 36.6. The number of alkyl halides is 3. The SMILES string of the molecule is CCCCCCCCCC(=O)Oc1ccc(-c2ccc(C(=O)[O-])cc2-c2ccc(C(=O)O[C@H](CCCOCC)C(F)(F)F)cc2)cc1. The third-order valence-electron chi connectivity index (χ3n) is 7.64. The number of benzene rings is 3. The molecule has 0 aromatic heterocycles. The van der Waals surface area contributed by atoms with Gasteiger partial charge in [0.1, 0.15) is 5.75 Å². The number of carboxylic acids is 1. The van der Waals surface area contributed by atoms with Gasteiger partial charge in [0.2, 0.25) is 0 Å². The van der Waals surface area contributed by atoms with Crippen LogP contribution in [0.15, 0.2) is 66.7 Å². The average Bonchev–Trinajstić information content (AvgIpc) is 3.05. The monoisotopic (exact) mass is 655 g/mol. The molecule has 3 aromatic rings. The van der Waals surface area contributed by atoms with Gasteiger partial charge in [0.05, 0.1) is 11.5 Å². The van der Waals surface area contributed by atoms with E-state index in [9.17, 15) is 32.7 Å². The van der Waals surface area contributed by atoms with Crippen LogP contribution in [0.4, 0.5) is 13.2 Å². The highest BCUT2D eigenvalue weighted by Gasteiger charge is 2.42. The van der Waals surface area contributed by atoms with Crippen molar-refractivity contribution in [1.29, 1.82) is 0 Å². The van der Waals surface area contributed by atoms with Crippen molar-refractivity contribution in [2.24, 2.45) is 0 Å². The van der Waals surface area contributed by atoms with E-state index in [-0.39, 0.29) is 30.1 Å². The summed E-state index contributed by atoms with van der Waals surface area (Å²) in [5.41, 5.74) is 2.16. The molecule has 254 valence electrons. The molecule has 0 unspecified atom stereocenters. The molecule has 0 aliphatic carbocycles. The van der Waals surface area contributed by atoms with Crippen molar-refractivity contribution in [2.45, 2.75) is 90.3 Å². The normalized spacial score (nSPS) is 12.0. The van der Waals surface area contributed by atoms with Crippen LogP contribution in [0.1, 0.15) is 98.8 Å². The number of rotatable bonds is 19. The third kappa shape index (κ3) is 12.2. The Kier molecular flexibility index (Phi) is 14.9. The molecule has 0 aliphatic heterocycles. The van der Waals surface area contributed by atoms with Gasteiger partial charge in [-0.25, -0.2) is 4.79 Å². The largest absolute Gasteiger partial charge is 0.545 e. The molecular formula is C37H42F3O7-. The zero-order valence-electron chi connectivity index (χ0n) is 26.9. The van der Waals surface area contributed by atoms with E-state index in [4.69, 9.17) is 14.2 Å². The lowest BCUT2D eigenvalue weighted by Gasteiger charge is -2.21. The van der Waals surface area contributed by atoms with Crippen molar-refractivity contribution >= 4 is 17.9 Å². The summed E-state index contributed by atoms with van der Waals surface area (Å²) in [6.45, 7) is 4.40. The van der Waals surface area contributed by atoms with Crippen LogP contribution in [0.5, 0.6) is 5.75 Å². The van der Waals surface area contributed by atoms with Crippen molar-refractivity contribution in [3.63, 3.8) is 0 Å². The van der Waals surface area contributed by atoms with Crippen LogP contribution in [-0.4, -0.2) is 43.4 Å². The summed E-state index contributed by atoms with van der Waals surface area (Å²) < 4.78 is 55.9. The van der Waals surface area contributed by atoms with Gasteiger partial charge in [-0.15, -0.1) is 0 Å². The molecule has 0 bridgehead atoms. The number of carbonyl (C=O) groups is 3. The van der Waals surface area contributed by atoms with E-state index in [2.05, 4.69) is 6.92 Å². The van der Waals surface area contributed by atoms with E-state index >= 15 is 0 Å². The molecule has 7 nitrogen and oxygen atoms in total. The topological polar surface area (TPSA) is 102 Å². The fourth-order valence-corrected chi connectivity index (χ4v) is 5.06. The highest BCUT2D eigenvalue weighted by molar-refractivity contribution is 5.94. The Bertz CT molecular complexity index is 1430. The second kappa shape index (κ2) is 18.8. The summed E-state index contributed by atoms with van der Waals surface area (Å²) in [5.74, 6) is -2.44. The predicted molar refractivity (Wildman–Crippen MR) is 171 cm³/mol. The zero-order chi connectivity index (χ0) is 34.2. The van der Waals surface area contributed by atoms with E-state index in [1.54, 1.807) is 37.3 Å². The number of carboxylic acid groups (broad SMARTS) is 1. The first-order valence-corrected chi connectivity index (χ1v) is 16.2. The van der Waals surface area contributed by atoms with Crippen molar-refractivity contribution in [1.82, 2.24) is 0 Å². The molecule has 0 radical (unpaired) electrons. The Morgan fingerprint density at radius 2 is 1.34 bits per heavy atom. The Labute approximate surface area is 274 Å². The number of unbranched alkanes of at least 4 members (excludes halogenated alkanes) is 6. The molecule has 10 heteroatoms. The second-order valence-corrected chi connectivity index (χ2v) is 11.3. The van der Waals surface area contributed by atoms with Crippen LogP contribution in [0.2, 0.25) is 0 Å². The van der Waals surface area contributed by atoms with Gasteiger partial charge in [0.15, 0.2) is 6.10 Å². The molecule has 0 aliphatic rings. The van der Waals surface area contributed by atoms with Gasteiger partial charge in [-0.3, -0.25) is 4.79 Å². The zero-order valence-corrected chi connectivity index (χ0v) is 26.9. The second-order valence-electron chi connectivity index (χ2n) is 11.3. The van der Waals surface area contributed by atoms with Gasteiger partial charge < -0.3 is 24.1 Å². The van der Waals surface area contributed by atoms with Crippen LogP contribution >= 0.6 is 0 Å². The van der Waals surface area contributed by atoms with Crippen molar-refractivity contribution in [3.05, 3.63) is 77.9 Å². The number of esters is 2. The first-order valence-electron chi connectivity index (χ1n) is 16.2. The molecular weight excluding hydrogens is 613 g/mol. The fraction of sp³-hybridized carbons (Fsp3) is 0.432. The van der Waals surface area contributed by atoms with Gasteiger partial charge in [0, 0.05) is 19.6 Å². The number of halogens is 3. The lowest BCUT2D eigenvalue weighted by atomic mass is 9.92. The summed E-state index contributed by atoms with van der Waals surface area (Å²) in [7, 11) is 0. The molecule has 0 N–H and O–H groups in total. The molecule has 1 atom stereocenters. The molecule has 0 saturated carbocycles. The van der Waals surface area contributed by atoms with Crippen molar-refractivity contribution in [2.75, 3.05) is 13.2 Å². The van der Waals surface area contributed by atoms with E-state index in [1.807, 2.05) is 0 Å². The Morgan fingerprint density at radius 1 is 0.745 bits per heavy atom. The summed E-state index contributed by atoms with van der Waals surface area (Å²) >= 11 is 0. The number of ether oxygens (including phenoxy) is 3. The maximum absolute atomic E-state index is 13.5. The fourth-order valence-electron chi connectivity index (χ4n) is 5.06. The van der Waals surface area contributed by atoms with Gasteiger partial charge in [-0.2, -0.15) is 13.2 Å². The number of hydrogen-bond donors (Lipinski definition) is 0. The van der Waals surface area contributed by atoms with E-state index in [1.165, 1.54) is 62.1 Å². The van der Waals surface area contributed by atoms with Gasteiger partial charge in [-0.1, -0.05) is 81.8 Å². The highest BCUT2D eigenvalue weighted by atomic mass is 19.4. The van der Waals surface area contributed by atoms with Gasteiger partial charge in [-0.05, 0) is 84.3 Å². The quantitative estimate of drug-likeness (QED) is 0.0727. The predicted octanol–water partition coefficient (Wildman–Crippen LogP) is 8.33. The molecule has 0 saturated heterocycles. The molecule has 0 fully saturated rings. The summed E-state index contributed by atoms with van der Waals surface area (Å²) in [6.07, 6.45) is 0.628. The standard InChI is InChI=1S/C37H43F3O7/c1-3-5-6-7-8-9-10-13-34(41)46-30-21-18-26(19-22-30)31-23-20-29(35(42)43)25-32(31)27-14-16-28(17-15-27)36(44)47-33(37(38,39)40)12-11-24-45-4-2/h14-23,25,33H,3-13,24H2,1-2H3,(H,42,43)/p-1/t33-/m1/s1. The molecule has 0 heterocycles. The molecule has 0 amide bonds. The molecule has 47 heavy (non-hydrogen) atoms. The summed E-state index contributed by atoms with van der Waals surface area (Å²) in [5, 5.41) is 11.7. The highest BCUT2D eigenvalue weighted by Crippen LogP contribution is 2.35. The van der Waals surface area contributed by atoms with Crippen LogP contribution < -0.4 is 9.84 Å². The Hall–Kier alpha value is -4.18. The Balaban J connectivity index is 1.72. The Morgan fingerprint density at radius 3 is 1.96 bits per heavy atom. The molecule has 0 spiro atoms. The van der Waals surface area contributed by atoms with E-state index in [0.29, 0.717) is 41.0 Å². The minimum Gasteiger partial charge on any atom is -0.545 e. The van der Waals surface area contributed by atoms with Crippen molar-refractivity contribution in [3.8, 4) is 28.0 Å². The molecule has 3 aromatic carbocycles. The average molecular weight is 656 g/mol. The number of aromatic carboxylic acids is 1. The van der Waals surface area contributed by atoms with Crippen LogP contribution in [0.25, 0.3) is 22.3 Å². The molecule has 3 rings (SSSR count). The van der Waals surface area contributed by atoms with E-state index < -0.39 is 30.6 Å².